The second kappa shape index (κ2) is 5.44. The molecule has 4 nitrogen and oxygen atoms in total. The molecule has 2 N–H and O–H groups in total. The molecule has 18 heavy (non-hydrogen) atoms. The van der Waals surface area contributed by atoms with Gasteiger partial charge in [0.2, 0.25) is 0 Å². The lowest BCUT2D eigenvalue weighted by molar-refractivity contribution is -0.141. The summed E-state index contributed by atoms with van der Waals surface area (Å²) in [7, 11) is 0. The minimum Gasteiger partial charge on any atom is -0.345 e. The molecule has 1 aromatic carbocycles. The van der Waals surface area contributed by atoms with Crippen LogP contribution in [0.3, 0.4) is 0 Å². The Labute approximate surface area is 111 Å². The maximum absolute atomic E-state index is 11.3. The molecule has 0 spiro atoms. The van der Waals surface area contributed by atoms with E-state index in [1.54, 1.807) is 11.8 Å². The van der Waals surface area contributed by atoms with Crippen LogP contribution >= 0.6 is 11.8 Å². The fraction of sp³-hybridized carbons (Fsp3) is 0.385. The molecule has 2 rings (SSSR count). The van der Waals surface area contributed by atoms with Crippen LogP contribution in [0.15, 0.2) is 29.2 Å². The third-order valence-electron chi connectivity index (χ3n) is 2.63. The Hall–Kier alpha value is -1.49. The highest BCUT2D eigenvalue weighted by molar-refractivity contribution is 7.99. The minimum absolute atomic E-state index is 0.131. The number of rotatable bonds is 3. The van der Waals surface area contributed by atoms with Crippen LogP contribution in [0.25, 0.3) is 0 Å². The topological polar surface area (TPSA) is 58.2 Å². The van der Waals surface area contributed by atoms with E-state index in [1.165, 1.54) is 4.90 Å². The highest BCUT2D eigenvalue weighted by atomic mass is 32.2. The van der Waals surface area contributed by atoms with E-state index in [0.717, 1.165) is 5.56 Å². The Kier molecular flexibility index (Phi) is 3.91. The highest BCUT2D eigenvalue weighted by Crippen LogP contribution is 2.24. The van der Waals surface area contributed by atoms with Crippen molar-refractivity contribution < 1.29 is 9.59 Å². The van der Waals surface area contributed by atoms with Crippen LogP contribution in [0.2, 0.25) is 0 Å². The number of carbonyl (C=O) groups is 2. The van der Waals surface area contributed by atoms with E-state index in [0.29, 0.717) is 11.8 Å². The van der Waals surface area contributed by atoms with Gasteiger partial charge in [0.15, 0.2) is 0 Å². The number of thioether (sulfide) groups is 1. The van der Waals surface area contributed by atoms with Crippen molar-refractivity contribution in [2.24, 2.45) is 0 Å². The van der Waals surface area contributed by atoms with Gasteiger partial charge in [-0.25, -0.2) is 0 Å². The summed E-state index contributed by atoms with van der Waals surface area (Å²) in [6, 6.07) is 7.94. The van der Waals surface area contributed by atoms with Crippen LogP contribution in [-0.2, 0) is 9.59 Å². The van der Waals surface area contributed by atoms with Gasteiger partial charge in [-0.15, -0.1) is 11.8 Å². The first-order valence-electron chi connectivity index (χ1n) is 5.91. The fourth-order valence-electron chi connectivity index (χ4n) is 1.80. The van der Waals surface area contributed by atoms with Crippen LogP contribution in [0.4, 0.5) is 0 Å². The third kappa shape index (κ3) is 3.04. The van der Waals surface area contributed by atoms with E-state index < -0.39 is 11.8 Å². The van der Waals surface area contributed by atoms with E-state index in [1.807, 2.05) is 24.3 Å². The molecule has 5 heteroatoms. The molecule has 1 unspecified atom stereocenters. The van der Waals surface area contributed by atoms with Gasteiger partial charge in [-0.1, -0.05) is 26.0 Å². The molecule has 1 aliphatic rings. The van der Waals surface area contributed by atoms with Crippen molar-refractivity contribution in [2.45, 2.75) is 30.0 Å². The molecule has 0 aromatic heterocycles. The molecule has 96 valence electrons. The summed E-state index contributed by atoms with van der Waals surface area (Å²) in [5.41, 5.74) is 1.01. The molecule has 0 radical (unpaired) electrons. The standard InChI is InChI=1S/C13H16N2O2S/c1-8(2)18-10-5-3-9(4-6-10)11-7-14-12(16)13(17)15-11/h3-6,8,11H,7H2,1-2H3,(H,14,16)(H,15,17). The van der Waals surface area contributed by atoms with Gasteiger partial charge in [0.25, 0.3) is 0 Å². The minimum atomic E-state index is -0.563. The first-order valence-corrected chi connectivity index (χ1v) is 6.79. The number of amides is 2. The lowest BCUT2D eigenvalue weighted by atomic mass is 10.1. The lowest BCUT2D eigenvalue weighted by Gasteiger charge is -2.24. The number of hydrogen-bond donors (Lipinski definition) is 2. The van der Waals surface area contributed by atoms with Gasteiger partial charge < -0.3 is 10.6 Å². The number of carbonyl (C=O) groups excluding carboxylic acids is 2. The van der Waals surface area contributed by atoms with Gasteiger partial charge in [0, 0.05) is 16.7 Å². The molecule has 1 fully saturated rings. The maximum atomic E-state index is 11.3. The van der Waals surface area contributed by atoms with Gasteiger partial charge >= 0.3 is 11.8 Å². The smallest absolute Gasteiger partial charge is 0.309 e. The van der Waals surface area contributed by atoms with Crippen LogP contribution in [0.5, 0.6) is 0 Å². The number of hydrogen-bond acceptors (Lipinski definition) is 3. The Morgan fingerprint density at radius 3 is 2.39 bits per heavy atom. The molecular formula is C13H16N2O2S. The van der Waals surface area contributed by atoms with Crippen molar-refractivity contribution in [3.8, 4) is 0 Å². The molecular weight excluding hydrogens is 248 g/mol. The van der Waals surface area contributed by atoms with E-state index in [4.69, 9.17) is 0 Å². The lowest BCUT2D eigenvalue weighted by Crippen LogP contribution is -2.51. The fourth-order valence-corrected chi connectivity index (χ4v) is 2.64. The van der Waals surface area contributed by atoms with Gasteiger partial charge in [-0.05, 0) is 17.7 Å². The summed E-state index contributed by atoms with van der Waals surface area (Å²) < 4.78 is 0. The predicted molar refractivity (Wildman–Crippen MR) is 71.3 cm³/mol. The Balaban J connectivity index is 2.05. The monoisotopic (exact) mass is 264 g/mol. The van der Waals surface area contributed by atoms with Crippen molar-refractivity contribution in [1.82, 2.24) is 10.6 Å². The van der Waals surface area contributed by atoms with Gasteiger partial charge in [-0.3, -0.25) is 9.59 Å². The summed E-state index contributed by atoms with van der Waals surface area (Å²) in [4.78, 5) is 23.5. The second-order valence-electron chi connectivity index (χ2n) is 4.47. The molecule has 1 aliphatic heterocycles. The largest absolute Gasteiger partial charge is 0.345 e. The zero-order chi connectivity index (χ0) is 13.1. The number of benzene rings is 1. The van der Waals surface area contributed by atoms with Crippen LogP contribution in [0, 0.1) is 0 Å². The van der Waals surface area contributed by atoms with Crippen molar-refractivity contribution >= 4 is 23.6 Å². The van der Waals surface area contributed by atoms with Gasteiger partial charge in [0.05, 0.1) is 6.04 Å². The highest BCUT2D eigenvalue weighted by Gasteiger charge is 2.25. The zero-order valence-corrected chi connectivity index (χ0v) is 11.2. The Morgan fingerprint density at radius 2 is 1.83 bits per heavy atom. The maximum Gasteiger partial charge on any atom is 0.309 e. The SMILES string of the molecule is CC(C)Sc1ccc(C2CNC(=O)C(=O)N2)cc1. The van der Waals surface area contributed by atoms with E-state index >= 15 is 0 Å². The Bertz CT molecular complexity index is 457. The van der Waals surface area contributed by atoms with E-state index in [-0.39, 0.29) is 6.04 Å². The molecule has 1 saturated heterocycles. The normalized spacial score (nSPS) is 19.6. The van der Waals surface area contributed by atoms with Crippen molar-refractivity contribution in [3.63, 3.8) is 0 Å². The van der Waals surface area contributed by atoms with E-state index in [2.05, 4.69) is 24.5 Å². The first kappa shape index (κ1) is 13.0. The second-order valence-corrected chi connectivity index (χ2v) is 6.12. The molecule has 0 bridgehead atoms. The van der Waals surface area contributed by atoms with Crippen LogP contribution < -0.4 is 10.6 Å². The third-order valence-corrected chi connectivity index (χ3v) is 3.65. The predicted octanol–water partition coefficient (Wildman–Crippen LogP) is 1.47. The molecule has 0 saturated carbocycles. The van der Waals surface area contributed by atoms with E-state index in [9.17, 15) is 9.59 Å². The number of nitrogens with one attached hydrogen (secondary N) is 2. The molecule has 1 aromatic rings. The van der Waals surface area contributed by atoms with Crippen molar-refractivity contribution in [2.75, 3.05) is 6.54 Å². The zero-order valence-electron chi connectivity index (χ0n) is 10.4. The summed E-state index contributed by atoms with van der Waals surface area (Å²) in [6.45, 7) is 4.74. The van der Waals surface area contributed by atoms with Crippen LogP contribution in [0.1, 0.15) is 25.5 Å². The summed E-state index contributed by atoms with van der Waals surface area (Å²) in [6.07, 6.45) is 0. The number of piperazine rings is 1. The Morgan fingerprint density at radius 1 is 1.17 bits per heavy atom. The molecule has 1 atom stereocenters. The summed E-state index contributed by atoms with van der Waals surface area (Å²) >= 11 is 1.80. The molecule has 0 aliphatic carbocycles. The quantitative estimate of drug-likeness (QED) is 0.642. The summed E-state index contributed by atoms with van der Waals surface area (Å²) in [5, 5.41) is 5.80. The molecule has 1 heterocycles. The molecule has 2 amide bonds. The van der Waals surface area contributed by atoms with Crippen molar-refractivity contribution in [1.29, 1.82) is 0 Å². The summed E-state index contributed by atoms with van der Waals surface area (Å²) in [5.74, 6) is -1.12. The van der Waals surface area contributed by atoms with Crippen LogP contribution in [-0.4, -0.2) is 23.6 Å². The van der Waals surface area contributed by atoms with Crippen molar-refractivity contribution in [3.05, 3.63) is 29.8 Å². The van der Waals surface area contributed by atoms with Gasteiger partial charge in [-0.2, -0.15) is 0 Å². The first-order chi connectivity index (χ1) is 8.56. The average molecular weight is 264 g/mol. The average Bonchev–Trinajstić information content (AvgIpc) is 2.33. The van der Waals surface area contributed by atoms with Gasteiger partial charge in [0.1, 0.15) is 0 Å².